The number of hydrogen-bond acceptors (Lipinski definition) is 11. The Labute approximate surface area is 394 Å². The summed E-state index contributed by atoms with van der Waals surface area (Å²) in [5.41, 5.74) is 7.73. The van der Waals surface area contributed by atoms with E-state index in [-0.39, 0.29) is 30.3 Å². The van der Waals surface area contributed by atoms with E-state index in [0.29, 0.717) is 70.0 Å². The van der Waals surface area contributed by atoms with Crippen LogP contribution in [0.1, 0.15) is 67.6 Å². The molecule has 0 aliphatic carbocycles. The molecule has 0 bridgehead atoms. The van der Waals surface area contributed by atoms with E-state index in [1.165, 1.54) is 14.2 Å². The Hall–Kier alpha value is -6.88. The lowest BCUT2D eigenvalue weighted by molar-refractivity contribution is -0.154. The van der Waals surface area contributed by atoms with Crippen LogP contribution in [0.3, 0.4) is 0 Å². The van der Waals surface area contributed by atoms with Crippen molar-refractivity contribution >= 4 is 46.1 Å². The summed E-state index contributed by atoms with van der Waals surface area (Å²) in [5.74, 6) is -0.865. The number of aromatic amines is 1. The number of hydrogen-bond donors (Lipinski definition) is 3. The van der Waals surface area contributed by atoms with Crippen molar-refractivity contribution in [1.29, 1.82) is 0 Å². The molecule has 16 heteroatoms. The SMILES string of the molecule is COC(=O)NC(C(=O)N1CC2(C[C@H]1c1ncc(-c3ccc4cc(-c5ccc(C6=CN=C(C7CCCN7C(=O)[C@H](NC(=O)OC)c7ccccc7)C6)cc5)ccc4c3)[nH]1)OCCO2)C1CCOCC1. The average Bonchev–Trinajstić information content (AvgIpc) is 4.26. The van der Waals surface area contributed by atoms with E-state index in [2.05, 4.69) is 76.3 Å². The van der Waals surface area contributed by atoms with Gasteiger partial charge in [-0.2, -0.15) is 0 Å². The Morgan fingerprint density at radius 3 is 2.16 bits per heavy atom. The van der Waals surface area contributed by atoms with Gasteiger partial charge in [-0.3, -0.25) is 14.6 Å². The maximum Gasteiger partial charge on any atom is 0.407 e. The summed E-state index contributed by atoms with van der Waals surface area (Å²) in [5, 5.41) is 7.70. The van der Waals surface area contributed by atoms with Crippen LogP contribution in [0.5, 0.6) is 0 Å². The first-order valence-corrected chi connectivity index (χ1v) is 23.4. The predicted molar refractivity (Wildman–Crippen MR) is 253 cm³/mol. The van der Waals surface area contributed by atoms with Gasteiger partial charge in [0, 0.05) is 50.1 Å². The lowest BCUT2D eigenvalue weighted by Gasteiger charge is -2.34. The van der Waals surface area contributed by atoms with E-state index in [1.54, 1.807) is 11.1 Å². The van der Waals surface area contributed by atoms with Gasteiger partial charge in [0.15, 0.2) is 5.79 Å². The number of carbonyl (C=O) groups excluding carboxylic acids is 4. The van der Waals surface area contributed by atoms with Gasteiger partial charge in [-0.25, -0.2) is 14.6 Å². The van der Waals surface area contributed by atoms with Gasteiger partial charge in [0.1, 0.15) is 17.9 Å². The number of benzene rings is 4. The fourth-order valence-electron chi connectivity index (χ4n) is 10.4. The minimum Gasteiger partial charge on any atom is -0.453 e. The molecule has 4 amide bonds. The van der Waals surface area contributed by atoms with E-state index in [4.69, 9.17) is 33.7 Å². The smallest absolute Gasteiger partial charge is 0.407 e. The van der Waals surface area contributed by atoms with Gasteiger partial charge in [0.2, 0.25) is 11.8 Å². The number of fused-ring (bicyclic) bond motifs is 1. The maximum absolute atomic E-state index is 14.5. The highest BCUT2D eigenvalue weighted by Gasteiger charge is 2.53. The van der Waals surface area contributed by atoms with Crippen LogP contribution in [0.2, 0.25) is 0 Å². The van der Waals surface area contributed by atoms with Crippen molar-refractivity contribution in [2.24, 2.45) is 10.9 Å². The number of nitrogens with zero attached hydrogens (tertiary/aromatic N) is 4. The molecule has 4 saturated heterocycles. The van der Waals surface area contributed by atoms with Crippen LogP contribution in [0, 0.1) is 5.92 Å². The molecule has 2 unspecified atom stereocenters. The molecule has 0 saturated carbocycles. The summed E-state index contributed by atoms with van der Waals surface area (Å²) in [6.07, 6.45) is 6.35. The number of alkyl carbamates (subject to hydrolysis) is 2. The minimum atomic E-state index is -0.951. The van der Waals surface area contributed by atoms with Gasteiger partial charge in [-0.15, -0.1) is 0 Å². The third-order valence-electron chi connectivity index (χ3n) is 14.0. The summed E-state index contributed by atoms with van der Waals surface area (Å²) in [7, 11) is 2.58. The van der Waals surface area contributed by atoms with Crippen molar-refractivity contribution in [1.82, 2.24) is 30.4 Å². The number of imidazole rings is 1. The Bertz CT molecular complexity index is 2740. The van der Waals surface area contributed by atoms with Crippen molar-refractivity contribution in [3.8, 4) is 22.4 Å². The van der Waals surface area contributed by atoms with Gasteiger partial charge in [-0.1, -0.05) is 78.9 Å². The number of aliphatic imine (C=N–C) groups is 1. The number of likely N-dealkylation sites (tertiary alicyclic amines) is 2. The molecule has 1 aromatic heterocycles. The normalized spacial score (nSPS) is 21.1. The standard InChI is InChI=1S/C52H55N7O9/c1-64-50(62)56-45(34-7-4-3-5-8-34)48(60)58-20-6-9-43(58)41-27-40(29-53-41)33-12-10-32(11-13-33)36-14-15-38-26-39(17-16-37(38)25-36)42-30-54-47(55-42)44-28-52(67-23-24-68-52)31-59(44)49(61)46(57-51(63)65-2)35-18-21-66-22-19-35/h3-5,7-8,10-17,25-26,29-30,35,43-46H,6,9,18-24,27-28,31H2,1-2H3,(H,54,55)(H,56,62)(H,57,63)/t43?,44-,45+,46?/m0/s1. The molecule has 6 heterocycles. The van der Waals surface area contributed by atoms with Crippen LogP contribution in [0.25, 0.3) is 38.7 Å². The number of rotatable bonds is 11. The number of carbonyl (C=O) groups is 4. The zero-order chi connectivity index (χ0) is 46.8. The molecular formula is C52H55N7O9. The van der Waals surface area contributed by atoms with Crippen LogP contribution < -0.4 is 10.6 Å². The molecule has 4 atom stereocenters. The first kappa shape index (κ1) is 44.9. The van der Waals surface area contributed by atoms with Gasteiger partial charge in [0.05, 0.1) is 58.0 Å². The topological polar surface area (TPSA) is 186 Å². The number of methoxy groups -OCH3 is 2. The van der Waals surface area contributed by atoms with Gasteiger partial charge < -0.3 is 49.1 Å². The van der Waals surface area contributed by atoms with Crippen LogP contribution >= 0.6 is 0 Å². The van der Waals surface area contributed by atoms with E-state index >= 15 is 0 Å². The quantitative estimate of drug-likeness (QED) is 0.121. The monoisotopic (exact) mass is 921 g/mol. The zero-order valence-corrected chi connectivity index (χ0v) is 38.2. The van der Waals surface area contributed by atoms with Crippen LogP contribution in [-0.4, -0.2) is 121 Å². The first-order chi connectivity index (χ1) is 33.2. The fraction of sp³-hybridized carbons (Fsp3) is 0.385. The second-order valence-corrected chi connectivity index (χ2v) is 18.0. The summed E-state index contributed by atoms with van der Waals surface area (Å²) >= 11 is 0. The highest BCUT2D eigenvalue weighted by atomic mass is 16.7. The molecule has 352 valence electrons. The third-order valence-corrected chi connectivity index (χ3v) is 14.0. The van der Waals surface area contributed by atoms with Gasteiger partial charge >= 0.3 is 12.2 Å². The van der Waals surface area contributed by atoms with Crippen molar-refractivity contribution in [3.63, 3.8) is 0 Å². The highest BCUT2D eigenvalue weighted by molar-refractivity contribution is 6.04. The van der Waals surface area contributed by atoms with Crippen molar-refractivity contribution < 1.29 is 42.9 Å². The second kappa shape index (κ2) is 19.4. The van der Waals surface area contributed by atoms with Crippen molar-refractivity contribution in [3.05, 3.63) is 120 Å². The third kappa shape index (κ3) is 9.10. The Morgan fingerprint density at radius 2 is 1.43 bits per heavy atom. The number of amides is 4. The van der Waals surface area contributed by atoms with E-state index in [1.807, 2.05) is 41.4 Å². The lowest BCUT2D eigenvalue weighted by Crippen LogP contribution is -2.54. The first-order valence-electron chi connectivity index (χ1n) is 23.4. The molecular weight excluding hydrogens is 867 g/mol. The van der Waals surface area contributed by atoms with Crippen molar-refractivity contribution in [2.45, 2.75) is 68.5 Å². The zero-order valence-electron chi connectivity index (χ0n) is 38.2. The molecule has 5 aromatic rings. The molecule has 4 fully saturated rings. The summed E-state index contributed by atoms with van der Waals surface area (Å²) in [6, 6.07) is 28.2. The van der Waals surface area contributed by atoms with Crippen LogP contribution in [0.4, 0.5) is 9.59 Å². The fourth-order valence-corrected chi connectivity index (χ4v) is 10.4. The van der Waals surface area contributed by atoms with E-state index < -0.39 is 36.1 Å². The number of aromatic nitrogens is 2. The Kier molecular flexibility index (Phi) is 12.8. The Morgan fingerprint density at radius 1 is 0.750 bits per heavy atom. The molecule has 16 nitrogen and oxygen atoms in total. The average molecular weight is 922 g/mol. The molecule has 4 aromatic carbocycles. The van der Waals surface area contributed by atoms with Crippen LogP contribution in [0.15, 0.2) is 108 Å². The predicted octanol–water partition coefficient (Wildman–Crippen LogP) is 7.34. The summed E-state index contributed by atoms with van der Waals surface area (Å²) in [6.45, 7) is 2.69. The highest BCUT2D eigenvalue weighted by Crippen LogP contribution is 2.43. The number of ether oxygens (including phenoxy) is 5. The van der Waals surface area contributed by atoms with Gasteiger partial charge in [0.25, 0.3) is 0 Å². The largest absolute Gasteiger partial charge is 0.453 e. The van der Waals surface area contributed by atoms with Crippen LogP contribution in [-0.2, 0) is 33.3 Å². The lowest BCUT2D eigenvalue weighted by atomic mass is 9.90. The maximum atomic E-state index is 14.5. The van der Waals surface area contributed by atoms with Crippen molar-refractivity contribution in [2.75, 3.05) is 53.7 Å². The van der Waals surface area contributed by atoms with E-state index in [0.717, 1.165) is 62.8 Å². The summed E-state index contributed by atoms with van der Waals surface area (Å²) in [4.78, 5) is 70.0. The Balaban J connectivity index is 0.811. The molecule has 10 rings (SSSR count). The number of H-pyrrole nitrogens is 1. The number of allylic oxidation sites excluding steroid dienone is 1. The summed E-state index contributed by atoms with van der Waals surface area (Å²) < 4.78 is 27.6. The molecule has 5 aliphatic rings. The molecule has 0 radical (unpaired) electrons. The molecule has 1 spiro atoms. The van der Waals surface area contributed by atoms with Gasteiger partial charge in [-0.05, 0) is 82.3 Å². The minimum absolute atomic E-state index is 0.115. The molecule has 5 aliphatic heterocycles. The van der Waals surface area contributed by atoms with E-state index in [9.17, 15) is 19.2 Å². The second-order valence-electron chi connectivity index (χ2n) is 18.0. The number of nitrogens with one attached hydrogen (secondary N) is 3. The molecule has 3 N–H and O–H groups in total. The molecule has 68 heavy (non-hydrogen) atoms.